The van der Waals surface area contributed by atoms with Gasteiger partial charge in [-0.2, -0.15) is 0 Å². The van der Waals surface area contributed by atoms with E-state index in [4.69, 9.17) is 11.6 Å². The molecule has 0 atom stereocenters. The summed E-state index contributed by atoms with van der Waals surface area (Å²) in [7, 11) is 0. The highest BCUT2D eigenvalue weighted by molar-refractivity contribution is 8.03. The van der Waals surface area contributed by atoms with E-state index in [1.54, 1.807) is 11.8 Å². The zero-order valence-electron chi connectivity index (χ0n) is 3.78. The Kier molecular flexibility index (Phi) is 1.88. The van der Waals surface area contributed by atoms with Gasteiger partial charge in [-0.25, -0.2) is 0 Å². The normalized spacial score (nSPS) is 18.7. The van der Waals surface area contributed by atoms with Crippen LogP contribution in [0, 0.1) is 0 Å². The molecule has 0 aromatic heterocycles. The molecule has 1 heterocycles. The molecule has 0 radical (unpaired) electrons. The first-order valence-corrected chi connectivity index (χ1v) is 3.56. The second-order valence-electron chi connectivity index (χ2n) is 1.24. The van der Waals surface area contributed by atoms with Gasteiger partial charge >= 0.3 is 0 Å². The first-order chi connectivity index (χ1) is 3.43. The lowest BCUT2D eigenvalue weighted by molar-refractivity contribution is 1.08. The molecule has 0 aromatic rings. The quantitative estimate of drug-likeness (QED) is 0.545. The van der Waals surface area contributed by atoms with Crippen LogP contribution in [0.1, 0.15) is 0 Å². The first kappa shape index (κ1) is 5.32. The van der Waals surface area contributed by atoms with Crippen molar-refractivity contribution in [2.24, 2.45) is 0 Å². The van der Waals surface area contributed by atoms with E-state index in [1.165, 1.54) is 4.91 Å². The number of allylic oxidation sites excluding steroid dienone is 1. The summed E-state index contributed by atoms with van der Waals surface area (Å²) in [5.41, 5.74) is 0. The molecule has 1 rings (SSSR count). The van der Waals surface area contributed by atoms with Crippen molar-refractivity contribution in [1.82, 2.24) is 5.32 Å². The van der Waals surface area contributed by atoms with Gasteiger partial charge in [0.15, 0.2) is 0 Å². The van der Waals surface area contributed by atoms with Crippen LogP contribution in [0.4, 0.5) is 0 Å². The number of halogens is 1. The number of nitrogens with one attached hydrogen (secondary N) is 1. The monoisotopic (exact) mass is 135 g/mol. The molecule has 0 spiro atoms. The molecule has 0 aromatic carbocycles. The average molecular weight is 136 g/mol. The van der Waals surface area contributed by atoms with E-state index in [0.717, 1.165) is 5.88 Å². The van der Waals surface area contributed by atoms with E-state index < -0.39 is 0 Å². The second-order valence-corrected chi connectivity index (χ2v) is 2.61. The minimum atomic E-state index is 0.650. The summed E-state index contributed by atoms with van der Waals surface area (Å²) in [4.78, 5) is 1.24. The lowest BCUT2D eigenvalue weighted by atomic mass is 10.7. The van der Waals surface area contributed by atoms with E-state index in [2.05, 4.69) is 5.32 Å². The third-order valence-corrected chi connectivity index (χ3v) is 2.13. The Balaban J connectivity index is 2.36. The summed E-state index contributed by atoms with van der Waals surface area (Å²) in [6.45, 7) is 0. The highest BCUT2D eigenvalue weighted by atomic mass is 35.5. The molecule has 7 heavy (non-hydrogen) atoms. The molecule has 0 fully saturated rings. The van der Waals surface area contributed by atoms with Crippen molar-refractivity contribution < 1.29 is 0 Å². The zero-order valence-corrected chi connectivity index (χ0v) is 5.35. The molecule has 0 bridgehead atoms. The number of thioether (sulfide) groups is 1. The van der Waals surface area contributed by atoms with Gasteiger partial charge in [-0.05, 0) is 0 Å². The van der Waals surface area contributed by atoms with Crippen LogP contribution in [-0.4, -0.2) is 11.8 Å². The Bertz CT molecular complexity index is 91.7. The Labute approximate surface area is 52.1 Å². The highest BCUT2D eigenvalue weighted by Gasteiger charge is 1.99. The fourth-order valence-corrected chi connectivity index (χ4v) is 1.31. The lowest BCUT2D eigenvalue weighted by Gasteiger charge is -1.84. The predicted molar refractivity (Wildman–Crippen MR) is 34.4 cm³/mol. The third kappa shape index (κ3) is 1.28. The summed E-state index contributed by atoms with van der Waals surface area (Å²) < 4.78 is 0. The maximum atomic E-state index is 5.48. The van der Waals surface area contributed by atoms with E-state index in [0.29, 0.717) is 5.88 Å². The second kappa shape index (κ2) is 2.48. The number of alkyl halides is 1. The lowest BCUT2D eigenvalue weighted by Crippen LogP contribution is -1.94. The van der Waals surface area contributed by atoms with E-state index in [1.807, 2.05) is 6.20 Å². The molecule has 3 heteroatoms. The Morgan fingerprint density at radius 3 is 3.14 bits per heavy atom. The van der Waals surface area contributed by atoms with Crippen molar-refractivity contribution in [3.63, 3.8) is 0 Å². The maximum Gasteiger partial charge on any atom is 0.0649 e. The van der Waals surface area contributed by atoms with Crippen LogP contribution < -0.4 is 5.32 Å². The van der Waals surface area contributed by atoms with Gasteiger partial charge in [-0.1, -0.05) is 0 Å². The molecule has 1 nitrogen and oxygen atoms in total. The van der Waals surface area contributed by atoms with Gasteiger partial charge in [0, 0.05) is 11.1 Å². The standard InChI is InChI=1S/C4H6ClNS/c5-1-4-2-6-3-7-4/h2,6H,1,3H2. The summed E-state index contributed by atoms with van der Waals surface area (Å²) in [5, 5.41) is 3.04. The van der Waals surface area contributed by atoms with Crippen LogP contribution in [0.5, 0.6) is 0 Å². The smallest absolute Gasteiger partial charge is 0.0649 e. The van der Waals surface area contributed by atoms with Crippen molar-refractivity contribution in [3.05, 3.63) is 11.1 Å². The van der Waals surface area contributed by atoms with Crippen LogP contribution >= 0.6 is 23.4 Å². The summed E-state index contributed by atoms with van der Waals surface area (Å²) in [6.07, 6.45) is 1.96. The largest absolute Gasteiger partial charge is 0.381 e. The Morgan fingerprint density at radius 2 is 2.86 bits per heavy atom. The minimum Gasteiger partial charge on any atom is -0.381 e. The van der Waals surface area contributed by atoms with Crippen molar-refractivity contribution >= 4 is 23.4 Å². The zero-order chi connectivity index (χ0) is 5.11. The molecular weight excluding hydrogens is 130 g/mol. The SMILES string of the molecule is ClCC1=CNCS1. The molecule has 1 aliphatic rings. The average Bonchev–Trinajstić information content (AvgIpc) is 2.14. The van der Waals surface area contributed by atoms with Crippen molar-refractivity contribution in [1.29, 1.82) is 0 Å². The molecule has 1 aliphatic heterocycles. The van der Waals surface area contributed by atoms with Crippen LogP contribution in [0.15, 0.2) is 11.1 Å². The van der Waals surface area contributed by atoms with Crippen molar-refractivity contribution in [2.75, 3.05) is 11.8 Å². The van der Waals surface area contributed by atoms with Crippen LogP contribution in [0.3, 0.4) is 0 Å². The van der Waals surface area contributed by atoms with Crippen LogP contribution in [-0.2, 0) is 0 Å². The highest BCUT2D eigenvalue weighted by Crippen LogP contribution is 2.18. The van der Waals surface area contributed by atoms with Crippen molar-refractivity contribution in [2.45, 2.75) is 0 Å². The number of hydrogen-bond donors (Lipinski definition) is 1. The van der Waals surface area contributed by atoms with Crippen LogP contribution in [0.25, 0.3) is 0 Å². The minimum absolute atomic E-state index is 0.650. The molecule has 0 saturated carbocycles. The number of rotatable bonds is 1. The Hall–Kier alpha value is 0.180. The van der Waals surface area contributed by atoms with Gasteiger partial charge in [0.2, 0.25) is 0 Å². The Morgan fingerprint density at radius 1 is 2.00 bits per heavy atom. The fourth-order valence-electron chi connectivity index (χ4n) is 0.409. The van der Waals surface area contributed by atoms with Gasteiger partial charge in [0.1, 0.15) is 0 Å². The predicted octanol–water partition coefficient (Wildman–Crippen LogP) is 1.36. The van der Waals surface area contributed by atoms with E-state index >= 15 is 0 Å². The summed E-state index contributed by atoms with van der Waals surface area (Å²) in [5.74, 6) is 1.64. The molecule has 0 aliphatic carbocycles. The molecular formula is C4H6ClNS. The summed E-state index contributed by atoms with van der Waals surface area (Å²) in [6, 6.07) is 0. The van der Waals surface area contributed by atoms with Gasteiger partial charge in [-0.15, -0.1) is 23.4 Å². The molecule has 0 amide bonds. The topological polar surface area (TPSA) is 12.0 Å². The molecule has 40 valence electrons. The molecule has 0 saturated heterocycles. The van der Waals surface area contributed by atoms with E-state index in [9.17, 15) is 0 Å². The van der Waals surface area contributed by atoms with Gasteiger partial charge in [-0.3, -0.25) is 0 Å². The van der Waals surface area contributed by atoms with Gasteiger partial charge in [0.25, 0.3) is 0 Å². The molecule has 1 N–H and O–H groups in total. The third-order valence-electron chi connectivity index (χ3n) is 0.736. The maximum absolute atomic E-state index is 5.48. The first-order valence-electron chi connectivity index (χ1n) is 2.04. The number of hydrogen-bond acceptors (Lipinski definition) is 2. The molecule has 0 unspecified atom stereocenters. The van der Waals surface area contributed by atoms with Gasteiger partial charge < -0.3 is 5.32 Å². The summed E-state index contributed by atoms with van der Waals surface area (Å²) >= 11 is 7.24. The van der Waals surface area contributed by atoms with Crippen molar-refractivity contribution in [3.8, 4) is 0 Å². The fraction of sp³-hybridized carbons (Fsp3) is 0.500. The van der Waals surface area contributed by atoms with Gasteiger partial charge in [0.05, 0.1) is 11.8 Å². The van der Waals surface area contributed by atoms with Crippen LogP contribution in [0.2, 0.25) is 0 Å². The van der Waals surface area contributed by atoms with E-state index in [-0.39, 0.29) is 0 Å².